The topological polar surface area (TPSA) is 72.6 Å². The fourth-order valence-corrected chi connectivity index (χ4v) is 2.50. The molecule has 1 aromatic heterocycles. The predicted molar refractivity (Wildman–Crippen MR) is 80.4 cm³/mol. The summed E-state index contributed by atoms with van der Waals surface area (Å²) in [4.78, 5) is 11.5. The van der Waals surface area contributed by atoms with Gasteiger partial charge in [-0.2, -0.15) is 0 Å². The van der Waals surface area contributed by atoms with Crippen molar-refractivity contribution in [3.8, 4) is 17.6 Å². The molecule has 0 atom stereocenters. The zero-order chi connectivity index (χ0) is 15.2. The van der Waals surface area contributed by atoms with Gasteiger partial charge in [-0.1, -0.05) is 24.0 Å². The van der Waals surface area contributed by atoms with Crippen LogP contribution in [0.2, 0.25) is 0 Å². The molecule has 2 rings (SSSR count). The summed E-state index contributed by atoms with van der Waals surface area (Å²) < 4.78 is 5.60. The van der Waals surface area contributed by atoms with Crippen molar-refractivity contribution in [1.82, 2.24) is 0 Å². The second-order valence-electron chi connectivity index (χ2n) is 4.23. The van der Waals surface area contributed by atoms with Gasteiger partial charge in [0, 0.05) is 21.9 Å². The first-order valence-corrected chi connectivity index (χ1v) is 7.03. The first-order valence-electron chi connectivity index (χ1n) is 6.15. The number of para-hydroxylation sites is 1. The third-order valence-electron chi connectivity index (χ3n) is 2.71. The minimum Gasteiger partial charge on any atom is -0.481 e. The Bertz CT molecular complexity index is 712. The first-order chi connectivity index (χ1) is 10.1. The van der Waals surface area contributed by atoms with Crippen molar-refractivity contribution in [3.63, 3.8) is 0 Å². The lowest BCUT2D eigenvalue weighted by molar-refractivity contribution is -0.386. The summed E-state index contributed by atoms with van der Waals surface area (Å²) in [6, 6.07) is 6.68. The number of rotatable bonds is 4. The Hall–Kier alpha value is -2.36. The van der Waals surface area contributed by atoms with Crippen molar-refractivity contribution < 1.29 is 14.8 Å². The van der Waals surface area contributed by atoms with E-state index < -0.39 is 4.92 Å². The van der Waals surface area contributed by atoms with Crippen molar-refractivity contribution in [1.29, 1.82) is 0 Å². The van der Waals surface area contributed by atoms with Gasteiger partial charge in [-0.15, -0.1) is 11.3 Å². The van der Waals surface area contributed by atoms with E-state index in [1.165, 1.54) is 17.4 Å². The van der Waals surface area contributed by atoms with Crippen LogP contribution in [-0.4, -0.2) is 16.6 Å². The highest BCUT2D eigenvalue weighted by atomic mass is 32.1. The molecule has 2 aromatic rings. The van der Waals surface area contributed by atoms with E-state index >= 15 is 0 Å². The maximum atomic E-state index is 11.0. The van der Waals surface area contributed by atoms with Crippen molar-refractivity contribution in [2.75, 3.05) is 6.61 Å². The van der Waals surface area contributed by atoms with Crippen molar-refractivity contribution in [2.24, 2.45) is 0 Å². The predicted octanol–water partition coefficient (Wildman–Crippen LogP) is 2.89. The fourth-order valence-electron chi connectivity index (χ4n) is 1.78. The normalized spacial score (nSPS) is 9.81. The molecule has 0 saturated carbocycles. The molecule has 0 aliphatic rings. The van der Waals surface area contributed by atoms with Gasteiger partial charge in [0.1, 0.15) is 13.2 Å². The highest BCUT2D eigenvalue weighted by molar-refractivity contribution is 7.10. The van der Waals surface area contributed by atoms with E-state index in [0.29, 0.717) is 5.75 Å². The summed E-state index contributed by atoms with van der Waals surface area (Å²) in [5.41, 5.74) is 1.49. The first kappa shape index (κ1) is 15.0. The average Bonchev–Trinajstić information content (AvgIpc) is 2.91. The van der Waals surface area contributed by atoms with Crippen LogP contribution in [0.25, 0.3) is 0 Å². The summed E-state index contributed by atoms with van der Waals surface area (Å²) in [6.07, 6.45) is 0. The highest BCUT2D eigenvalue weighted by Gasteiger charge is 2.17. The third kappa shape index (κ3) is 3.81. The number of nitro groups is 1. The van der Waals surface area contributed by atoms with E-state index in [4.69, 9.17) is 9.84 Å². The number of aliphatic hydroxyl groups excluding tert-OH is 1. The number of hydrogen-bond acceptors (Lipinski definition) is 5. The van der Waals surface area contributed by atoms with E-state index in [2.05, 4.69) is 11.8 Å². The van der Waals surface area contributed by atoms with E-state index in [0.717, 1.165) is 16.0 Å². The summed E-state index contributed by atoms with van der Waals surface area (Å²) in [7, 11) is 0. The molecule has 0 aliphatic heterocycles. The lowest BCUT2D eigenvalue weighted by atomic mass is 10.2. The van der Waals surface area contributed by atoms with Gasteiger partial charge in [-0.05, 0) is 18.6 Å². The molecule has 1 aromatic carbocycles. The Morgan fingerprint density at radius 1 is 1.48 bits per heavy atom. The molecule has 5 nitrogen and oxygen atoms in total. The molecule has 0 saturated heterocycles. The number of thiophene rings is 1. The zero-order valence-corrected chi connectivity index (χ0v) is 12.1. The maximum absolute atomic E-state index is 11.0. The summed E-state index contributed by atoms with van der Waals surface area (Å²) >= 11 is 1.46. The smallest absolute Gasteiger partial charge is 0.311 e. The maximum Gasteiger partial charge on any atom is 0.311 e. The molecule has 0 fully saturated rings. The molecule has 1 N–H and O–H groups in total. The SMILES string of the molecule is Cc1cccc([N+](=O)[O-])c1OCc1cc(C#CCO)cs1. The monoisotopic (exact) mass is 303 g/mol. The minimum absolute atomic E-state index is 0.0353. The molecule has 1 heterocycles. The van der Waals surface area contributed by atoms with E-state index in [-0.39, 0.29) is 18.9 Å². The molecule has 21 heavy (non-hydrogen) atoms. The molecular weight excluding hydrogens is 290 g/mol. The van der Waals surface area contributed by atoms with Crippen molar-refractivity contribution in [3.05, 3.63) is 55.8 Å². The molecule has 108 valence electrons. The van der Waals surface area contributed by atoms with Crippen LogP contribution in [0.4, 0.5) is 5.69 Å². The number of nitrogens with zero attached hydrogens (tertiary/aromatic N) is 1. The Morgan fingerprint density at radius 3 is 3.00 bits per heavy atom. The van der Waals surface area contributed by atoms with Gasteiger partial charge in [-0.25, -0.2) is 0 Å². The largest absolute Gasteiger partial charge is 0.481 e. The standard InChI is InChI=1S/C15H13NO4S/c1-11-4-2-6-14(16(18)19)15(11)20-9-13-8-12(10-21-13)5-3-7-17/h2,4,6,8,10,17H,7,9H2,1H3. The van der Waals surface area contributed by atoms with Crippen LogP contribution >= 0.6 is 11.3 Å². The Morgan fingerprint density at radius 2 is 2.29 bits per heavy atom. The minimum atomic E-state index is -0.449. The summed E-state index contributed by atoms with van der Waals surface area (Å²) in [5, 5.41) is 21.5. The van der Waals surface area contributed by atoms with Crippen LogP contribution in [0.15, 0.2) is 29.6 Å². The number of hydrogen-bond donors (Lipinski definition) is 1. The fraction of sp³-hybridized carbons (Fsp3) is 0.200. The Labute approximate surface area is 126 Å². The Balaban J connectivity index is 2.13. The summed E-state index contributed by atoms with van der Waals surface area (Å²) in [5.74, 6) is 5.66. The molecule has 0 unspecified atom stereocenters. The number of nitro benzene ring substituents is 1. The third-order valence-corrected chi connectivity index (χ3v) is 3.62. The summed E-state index contributed by atoms with van der Waals surface area (Å²) in [6.45, 7) is 1.84. The van der Waals surface area contributed by atoms with Gasteiger partial charge in [0.25, 0.3) is 0 Å². The van der Waals surface area contributed by atoms with E-state index in [1.54, 1.807) is 19.1 Å². The number of aliphatic hydroxyl groups is 1. The molecule has 0 bridgehead atoms. The van der Waals surface area contributed by atoms with Crippen LogP contribution in [0.1, 0.15) is 16.0 Å². The van der Waals surface area contributed by atoms with Crippen LogP contribution in [0.5, 0.6) is 5.75 Å². The van der Waals surface area contributed by atoms with Crippen LogP contribution in [0, 0.1) is 28.9 Å². The molecule has 0 radical (unpaired) electrons. The molecular formula is C15H13NO4S. The molecule has 0 amide bonds. The Kier molecular flexibility index (Phi) is 4.93. The number of ether oxygens (including phenoxy) is 1. The lowest BCUT2D eigenvalue weighted by Crippen LogP contribution is -1.99. The van der Waals surface area contributed by atoms with Gasteiger partial charge < -0.3 is 9.84 Å². The lowest BCUT2D eigenvalue weighted by Gasteiger charge is -2.08. The number of aryl methyl sites for hydroxylation is 1. The van der Waals surface area contributed by atoms with E-state index in [1.807, 2.05) is 11.4 Å². The van der Waals surface area contributed by atoms with E-state index in [9.17, 15) is 10.1 Å². The van der Waals surface area contributed by atoms with Crippen LogP contribution in [-0.2, 0) is 6.61 Å². The van der Waals surface area contributed by atoms with Gasteiger partial charge in [-0.3, -0.25) is 10.1 Å². The molecule has 6 heteroatoms. The van der Waals surface area contributed by atoms with Gasteiger partial charge in [0.05, 0.1) is 4.92 Å². The second-order valence-corrected chi connectivity index (χ2v) is 5.23. The second kappa shape index (κ2) is 6.88. The van der Waals surface area contributed by atoms with Gasteiger partial charge in [0.15, 0.2) is 5.75 Å². The average molecular weight is 303 g/mol. The van der Waals surface area contributed by atoms with Gasteiger partial charge >= 0.3 is 5.69 Å². The van der Waals surface area contributed by atoms with Crippen LogP contribution < -0.4 is 4.74 Å². The van der Waals surface area contributed by atoms with Gasteiger partial charge in [0.2, 0.25) is 0 Å². The zero-order valence-electron chi connectivity index (χ0n) is 11.3. The van der Waals surface area contributed by atoms with Crippen molar-refractivity contribution in [2.45, 2.75) is 13.5 Å². The molecule has 0 aliphatic carbocycles. The van der Waals surface area contributed by atoms with Crippen molar-refractivity contribution >= 4 is 17.0 Å². The highest BCUT2D eigenvalue weighted by Crippen LogP contribution is 2.31. The quantitative estimate of drug-likeness (QED) is 0.535. The number of benzene rings is 1. The van der Waals surface area contributed by atoms with Crippen LogP contribution in [0.3, 0.4) is 0 Å². The molecule has 0 spiro atoms.